The summed E-state index contributed by atoms with van der Waals surface area (Å²) in [7, 11) is 0. The molecule has 2 heteroatoms. The molecule has 4 atom stereocenters. The van der Waals surface area contributed by atoms with Crippen molar-refractivity contribution in [2.24, 2.45) is 11.8 Å². The van der Waals surface area contributed by atoms with E-state index in [1.165, 1.54) is 102 Å². The van der Waals surface area contributed by atoms with Crippen LogP contribution in [0.4, 0.5) is 0 Å². The van der Waals surface area contributed by atoms with E-state index in [0.717, 1.165) is 17.1 Å². The predicted molar refractivity (Wildman–Crippen MR) is 111 cm³/mol. The van der Waals surface area contributed by atoms with Crippen molar-refractivity contribution >= 4 is 24.4 Å². The first-order valence-corrected chi connectivity index (χ1v) is 12.2. The predicted octanol–water partition coefficient (Wildman–Crippen LogP) is 7.52. The molecular formula is C21H40S2. The van der Waals surface area contributed by atoms with Gasteiger partial charge in [0.2, 0.25) is 0 Å². The molecule has 2 aliphatic carbocycles. The molecule has 3 unspecified atom stereocenters. The van der Waals surface area contributed by atoms with E-state index >= 15 is 0 Å². The highest BCUT2D eigenvalue weighted by molar-refractivity contribution is 7.99. The minimum Gasteiger partial charge on any atom is -0.176 e. The van der Waals surface area contributed by atoms with Crippen molar-refractivity contribution in [3.8, 4) is 0 Å². The van der Waals surface area contributed by atoms with E-state index in [1.54, 1.807) is 0 Å². The highest BCUT2D eigenvalue weighted by atomic mass is 32.2. The third-order valence-electron chi connectivity index (χ3n) is 6.14. The molecule has 2 aliphatic rings. The number of unbranched alkanes of at least 4 members (excludes halogenated alkanes) is 2. The summed E-state index contributed by atoms with van der Waals surface area (Å²) in [4.78, 5) is 0. The molecule has 0 saturated heterocycles. The van der Waals surface area contributed by atoms with Crippen LogP contribution in [-0.2, 0) is 0 Å². The molecule has 2 fully saturated rings. The topological polar surface area (TPSA) is 0 Å². The Kier molecular flexibility index (Phi) is 10.5. The fraction of sp³-hybridized carbons (Fsp3) is 1.00. The number of hydrogen-bond acceptors (Lipinski definition) is 2. The fourth-order valence-electron chi connectivity index (χ4n) is 4.58. The van der Waals surface area contributed by atoms with Crippen LogP contribution in [0, 0.1) is 11.8 Å². The van der Waals surface area contributed by atoms with Crippen molar-refractivity contribution in [3.63, 3.8) is 0 Å². The smallest absolute Gasteiger partial charge is 0.00496 e. The molecular weight excluding hydrogens is 316 g/mol. The average Bonchev–Trinajstić information content (AvgIpc) is 2.79. The second-order valence-corrected chi connectivity index (χ2v) is 10.2. The van der Waals surface area contributed by atoms with Crippen LogP contribution >= 0.6 is 24.4 Å². The van der Waals surface area contributed by atoms with Gasteiger partial charge in [-0.2, -0.15) is 24.4 Å². The van der Waals surface area contributed by atoms with E-state index in [1.807, 2.05) is 0 Å². The highest BCUT2D eigenvalue weighted by Gasteiger charge is 2.23. The van der Waals surface area contributed by atoms with Gasteiger partial charge >= 0.3 is 0 Å². The number of thiol groups is 1. The van der Waals surface area contributed by atoms with Crippen LogP contribution in [0.5, 0.6) is 0 Å². The molecule has 0 bridgehead atoms. The molecule has 0 aromatic carbocycles. The summed E-state index contributed by atoms with van der Waals surface area (Å²) >= 11 is 7.11. The van der Waals surface area contributed by atoms with E-state index in [9.17, 15) is 0 Å². The zero-order valence-corrected chi connectivity index (χ0v) is 17.2. The second kappa shape index (κ2) is 12.1. The van der Waals surface area contributed by atoms with Crippen molar-refractivity contribution in [2.75, 3.05) is 5.75 Å². The molecule has 23 heavy (non-hydrogen) atoms. The molecule has 136 valence electrons. The third-order valence-corrected chi connectivity index (χ3v) is 8.25. The number of hydrogen-bond donors (Lipinski definition) is 1. The maximum Gasteiger partial charge on any atom is 0.00496 e. The zero-order chi connectivity index (χ0) is 16.3. The van der Waals surface area contributed by atoms with Gasteiger partial charge in [0.1, 0.15) is 0 Å². The lowest BCUT2D eigenvalue weighted by atomic mass is 9.84. The van der Waals surface area contributed by atoms with Crippen molar-refractivity contribution in [1.29, 1.82) is 0 Å². The Balaban J connectivity index is 1.59. The molecule has 2 saturated carbocycles. The molecule has 0 N–H and O–H groups in total. The standard InChI is InChI=1S/C21H40S2/c1-2-3-16-23-20-14-8-5-11-18(17-20)10-4-6-12-19-13-7-9-15-21(19)22/h18-22H,2-17H2,1H3/t18-,19?,20?,21?/m1/s1. The molecule has 2 rings (SSSR count). The van der Waals surface area contributed by atoms with Crippen LogP contribution in [0.3, 0.4) is 0 Å². The minimum absolute atomic E-state index is 0.709. The quantitative estimate of drug-likeness (QED) is 0.253. The maximum atomic E-state index is 4.82. The highest BCUT2D eigenvalue weighted by Crippen LogP contribution is 2.35. The minimum atomic E-state index is 0.709. The Hall–Kier alpha value is 0.700. The van der Waals surface area contributed by atoms with E-state index in [0.29, 0.717) is 5.25 Å². The summed E-state index contributed by atoms with van der Waals surface area (Å²) in [5.41, 5.74) is 0. The van der Waals surface area contributed by atoms with E-state index in [-0.39, 0.29) is 0 Å². The molecule has 0 spiro atoms. The van der Waals surface area contributed by atoms with Crippen LogP contribution in [-0.4, -0.2) is 16.3 Å². The fourth-order valence-corrected chi connectivity index (χ4v) is 6.60. The SMILES string of the molecule is CCCCSC1CCCC[C@@H](CCCCC2CCCCC2S)C1. The van der Waals surface area contributed by atoms with Crippen LogP contribution in [0.25, 0.3) is 0 Å². The van der Waals surface area contributed by atoms with Gasteiger partial charge in [-0.05, 0) is 56.1 Å². The maximum absolute atomic E-state index is 4.82. The lowest BCUT2D eigenvalue weighted by molar-refractivity contribution is 0.330. The van der Waals surface area contributed by atoms with E-state index in [2.05, 4.69) is 18.7 Å². The molecule has 0 heterocycles. The first kappa shape index (κ1) is 20.0. The normalized spacial score (nSPS) is 32.6. The number of rotatable bonds is 9. The Morgan fingerprint density at radius 3 is 2.43 bits per heavy atom. The van der Waals surface area contributed by atoms with Gasteiger partial charge in [0.15, 0.2) is 0 Å². The van der Waals surface area contributed by atoms with Gasteiger partial charge in [-0.1, -0.05) is 64.7 Å². The molecule has 0 aliphatic heterocycles. The number of thioether (sulfide) groups is 1. The lowest BCUT2D eigenvalue weighted by Crippen LogP contribution is -2.19. The van der Waals surface area contributed by atoms with Crippen LogP contribution in [0.1, 0.15) is 103 Å². The van der Waals surface area contributed by atoms with Crippen molar-refractivity contribution in [1.82, 2.24) is 0 Å². The van der Waals surface area contributed by atoms with Gasteiger partial charge < -0.3 is 0 Å². The average molecular weight is 357 g/mol. The van der Waals surface area contributed by atoms with E-state index in [4.69, 9.17) is 12.6 Å². The Morgan fingerprint density at radius 2 is 1.61 bits per heavy atom. The molecule has 0 aromatic heterocycles. The largest absolute Gasteiger partial charge is 0.176 e. The van der Waals surface area contributed by atoms with Gasteiger partial charge in [-0.15, -0.1) is 0 Å². The summed E-state index contributed by atoms with van der Waals surface area (Å²) in [6.07, 6.45) is 21.9. The summed E-state index contributed by atoms with van der Waals surface area (Å²) in [5.74, 6) is 3.37. The molecule has 0 amide bonds. The zero-order valence-electron chi connectivity index (χ0n) is 15.5. The second-order valence-electron chi connectivity index (χ2n) is 8.13. The van der Waals surface area contributed by atoms with Gasteiger partial charge in [0, 0.05) is 10.5 Å². The molecule has 0 nitrogen and oxygen atoms in total. The summed E-state index contributed by atoms with van der Waals surface area (Å²) in [5, 5.41) is 1.69. The first-order valence-electron chi connectivity index (χ1n) is 10.6. The Bertz CT molecular complexity index is 292. The van der Waals surface area contributed by atoms with Crippen molar-refractivity contribution in [2.45, 2.75) is 114 Å². The van der Waals surface area contributed by atoms with Crippen LogP contribution in [0.2, 0.25) is 0 Å². The van der Waals surface area contributed by atoms with Crippen molar-refractivity contribution in [3.05, 3.63) is 0 Å². The van der Waals surface area contributed by atoms with Crippen molar-refractivity contribution < 1.29 is 0 Å². The van der Waals surface area contributed by atoms with Gasteiger partial charge in [0.25, 0.3) is 0 Å². The third kappa shape index (κ3) is 8.08. The van der Waals surface area contributed by atoms with Crippen LogP contribution < -0.4 is 0 Å². The van der Waals surface area contributed by atoms with Gasteiger partial charge in [-0.3, -0.25) is 0 Å². The lowest BCUT2D eigenvalue weighted by Gasteiger charge is -2.28. The van der Waals surface area contributed by atoms with E-state index < -0.39 is 0 Å². The van der Waals surface area contributed by atoms with Gasteiger partial charge in [-0.25, -0.2) is 0 Å². The summed E-state index contributed by atoms with van der Waals surface area (Å²) < 4.78 is 0. The Morgan fingerprint density at radius 1 is 0.870 bits per heavy atom. The first-order chi connectivity index (χ1) is 11.3. The van der Waals surface area contributed by atoms with Crippen LogP contribution in [0.15, 0.2) is 0 Å². The Labute approximate surface area is 155 Å². The monoisotopic (exact) mass is 356 g/mol. The summed E-state index contributed by atoms with van der Waals surface area (Å²) in [6, 6.07) is 0. The van der Waals surface area contributed by atoms with Gasteiger partial charge in [0.05, 0.1) is 0 Å². The molecule has 0 aromatic rings. The summed E-state index contributed by atoms with van der Waals surface area (Å²) in [6.45, 7) is 2.32. The molecule has 0 radical (unpaired) electrons.